The Morgan fingerprint density at radius 1 is 0.958 bits per heavy atom. The molecule has 0 fully saturated rings. The average molecular weight is 326 g/mol. The number of benzene rings is 2. The highest BCUT2D eigenvalue weighted by atomic mass is 16.5. The molecular weight excluding hydrogens is 304 g/mol. The maximum Gasteiger partial charge on any atom is 0.233 e. The van der Waals surface area contributed by atoms with Crippen LogP contribution in [0, 0.1) is 13.8 Å². The number of methoxy groups -OCH3 is 1. The summed E-state index contributed by atoms with van der Waals surface area (Å²) in [6, 6.07) is 13.4. The fourth-order valence-corrected chi connectivity index (χ4v) is 2.23. The lowest BCUT2D eigenvalue weighted by molar-refractivity contribution is -0.126. The maximum atomic E-state index is 12.0. The summed E-state index contributed by atoms with van der Waals surface area (Å²) in [5.41, 5.74) is 3.72. The molecule has 126 valence electrons. The van der Waals surface area contributed by atoms with Crippen molar-refractivity contribution < 1.29 is 14.3 Å². The zero-order valence-electron chi connectivity index (χ0n) is 14.2. The van der Waals surface area contributed by atoms with Crippen molar-refractivity contribution in [3.05, 3.63) is 59.2 Å². The summed E-state index contributed by atoms with van der Waals surface area (Å²) in [6.45, 7) is 4.33. The van der Waals surface area contributed by atoms with Crippen LogP contribution in [0.2, 0.25) is 0 Å². The van der Waals surface area contributed by atoms with Crippen LogP contribution in [0.5, 0.6) is 5.75 Å². The summed E-state index contributed by atoms with van der Waals surface area (Å²) >= 11 is 0. The van der Waals surface area contributed by atoms with Crippen LogP contribution in [-0.2, 0) is 16.1 Å². The highest BCUT2D eigenvalue weighted by Gasteiger charge is 2.12. The predicted octanol–water partition coefficient (Wildman–Crippen LogP) is 2.96. The lowest BCUT2D eigenvalue weighted by Gasteiger charge is -2.11. The molecule has 2 aromatic rings. The van der Waals surface area contributed by atoms with Gasteiger partial charge in [0, 0.05) is 6.54 Å². The number of nitrogens with one attached hydrogen (secondary N) is 2. The van der Waals surface area contributed by atoms with Crippen molar-refractivity contribution in [2.75, 3.05) is 12.4 Å². The predicted molar refractivity (Wildman–Crippen MR) is 94.0 cm³/mol. The standard InChI is InChI=1S/C19H22N2O3/c1-13-4-7-15(8-5-13)12-20-18(22)11-19(23)21-16-10-14(2)6-9-17(16)24-3/h4-10H,11-12H2,1-3H3,(H,20,22)(H,21,23). The minimum Gasteiger partial charge on any atom is -0.495 e. The van der Waals surface area contributed by atoms with Gasteiger partial charge in [0.05, 0.1) is 12.8 Å². The van der Waals surface area contributed by atoms with Gasteiger partial charge in [0.1, 0.15) is 12.2 Å². The summed E-state index contributed by atoms with van der Waals surface area (Å²) < 4.78 is 5.21. The van der Waals surface area contributed by atoms with Gasteiger partial charge in [0.15, 0.2) is 0 Å². The Balaban J connectivity index is 1.86. The van der Waals surface area contributed by atoms with E-state index >= 15 is 0 Å². The number of rotatable bonds is 6. The van der Waals surface area contributed by atoms with Crippen LogP contribution in [-0.4, -0.2) is 18.9 Å². The molecule has 0 aliphatic carbocycles. The van der Waals surface area contributed by atoms with Gasteiger partial charge in [0.25, 0.3) is 0 Å². The van der Waals surface area contributed by atoms with E-state index < -0.39 is 0 Å². The smallest absolute Gasteiger partial charge is 0.233 e. The van der Waals surface area contributed by atoms with E-state index in [1.54, 1.807) is 12.1 Å². The number of aryl methyl sites for hydroxylation is 2. The molecule has 5 heteroatoms. The Hall–Kier alpha value is -2.82. The Morgan fingerprint density at radius 2 is 1.62 bits per heavy atom. The first-order valence-electron chi connectivity index (χ1n) is 7.74. The van der Waals surface area contributed by atoms with E-state index in [0.29, 0.717) is 18.0 Å². The summed E-state index contributed by atoms with van der Waals surface area (Å²) in [5.74, 6) is -0.131. The van der Waals surface area contributed by atoms with Crippen LogP contribution in [0.1, 0.15) is 23.1 Å². The maximum absolute atomic E-state index is 12.0. The second-order valence-corrected chi connectivity index (χ2v) is 5.69. The van der Waals surface area contributed by atoms with E-state index in [-0.39, 0.29) is 18.2 Å². The van der Waals surface area contributed by atoms with Gasteiger partial charge in [-0.1, -0.05) is 35.9 Å². The fourth-order valence-electron chi connectivity index (χ4n) is 2.23. The first-order valence-corrected chi connectivity index (χ1v) is 7.74. The first kappa shape index (κ1) is 17.5. The zero-order valence-corrected chi connectivity index (χ0v) is 14.2. The highest BCUT2D eigenvalue weighted by Crippen LogP contribution is 2.25. The molecule has 0 radical (unpaired) electrons. The van der Waals surface area contributed by atoms with Crippen molar-refractivity contribution in [2.45, 2.75) is 26.8 Å². The second kappa shape index (κ2) is 8.15. The van der Waals surface area contributed by atoms with Crippen LogP contribution < -0.4 is 15.4 Å². The van der Waals surface area contributed by atoms with Gasteiger partial charge in [-0.2, -0.15) is 0 Å². The molecule has 0 aliphatic rings. The third-order valence-corrected chi connectivity index (χ3v) is 3.56. The Bertz CT molecular complexity index is 724. The van der Waals surface area contributed by atoms with Gasteiger partial charge in [-0.25, -0.2) is 0 Å². The van der Waals surface area contributed by atoms with E-state index in [1.807, 2.05) is 44.2 Å². The molecular formula is C19H22N2O3. The molecule has 0 atom stereocenters. The number of hydrogen-bond acceptors (Lipinski definition) is 3. The average Bonchev–Trinajstić information content (AvgIpc) is 2.54. The Morgan fingerprint density at radius 3 is 2.29 bits per heavy atom. The molecule has 0 spiro atoms. The monoisotopic (exact) mass is 326 g/mol. The van der Waals surface area contributed by atoms with Gasteiger partial charge >= 0.3 is 0 Å². The van der Waals surface area contributed by atoms with Crippen LogP contribution >= 0.6 is 0 Å². The van der Waals surface area contributed by atoms with Crippen LogP contribution in [0.3, 0.4) is 0 Å². The molecule has 0 saturated heterocycles. The molecule has 0 aromatic heterocycles. The second-order valence-electron chi connectivity index (χ2n) is 5.69. The normalized spacial score (nSPS) is 10.1. The van der Waals surface area contributed by atoms with Gasteiger partial charge in [-0.05, 0) is 37.1 Å². The molecule has 2 aromatic carbocycles. The number of carbonyl (C=O) groups is 2. The van der Waals surface area contributed by atoms with Crippen molar-refractivity contribution in [3.8, 4) is 5.75 Å². The number of hydrogen-bond donors (Lipinski definition) is 2. The van der Waals surface area contributed by atoms with Crippen molar-refractivity contribution in [1.82, 2.24) is 5.32 Å². The Labute approximate surface area is 142 Å². The van der Waals surface area contributed by atoms with E-state index in [4.69, 9.17) is 4.74 Å². The quantitative estimate of drug-likeness (QED) is 0.802. The zero-order chi connectivity index (χ0) is 17.5. The minimum absolute atomic E-state index is 0.233. The summed E-state index contributed by atoms with van der Waals surface area (Å²) in [4.78, 5) is 23.9. The SMILES string of the molecule is COc1ccc(C)cc1NC(=O)CC(=O)NCc1ccc(C)cc1. The first-order chi connectivity index (χ1) is 11.5. The van der Waals surface area contributed by atoms with Gasteiger partial charge in [0.2, 0.25) is 11.8 Å². The largest absolute Gasteiger partial charge is 0.495 e. The van der Waals surface area contributed by atoms with Crippen LogP contribution in [0.15, 0.2) is 42.5 Å². The molecule has 2 N–H and O–H groups in total. The van der Waals surface area contributed by atoms with Crippen LogP contribution in [0.25, 0.3) is 0 Å². The van der Waals surface area contributed by atoms with Gasteiger partial charge in [-0.3, -0.25) is 9.59 Å². The van der Waals surface area contributed by atoms with Crippen molar-refractivity contribution >= 4 is 17.5 Å². The van der Waals surface area contributed by atoms with E-state index in [0.717, 1.165) is 16.7 Å². The lowest BCUT2D eigenvalue weighted by Crippen LogP contribution is -2.27. The number of anilines is 1. The molecule has 0 saturated carbocycles. The molecule has 0 unspecified atom stereocenters. The van der Waals surface area contributed by atoms with Crippen LogP contribution in [0.4, 0.5) is 5.69 Å². The fraction of sp³-hybridized carbons (Fsp3) is 0.263. The number of ether oxygens (including phenoxy) is 1. The summed E-state index contributed by atoms with van der Waals surface area (Å²) in [6.07, 6.45) is -0.233. The molecule has 24 heavy (non-hydrogen) atoms. The Kier molecular flexibility index (Phi) is 5.95. The molecule has 0 bridgehead atoms. The highest BCUT2D eigenvalue weighted by molar-refractivity contribution is 6.04. The minimum atomic E-state index is -0.375. The van der Waals surface area contributed by atoms with E-state index in [9.17, 15) is 9.59 Å². The summed E-state index contributed by atoms with van der Waals surface area (Å²) in [5, 5.41) is 5.46. The lowest BCUT2D eigenvalue weighted by atomic mass is 10.1. The molecule has 2 amide bonds. The third-order valence-electron chi connectivity index (χ3n) is 3.56. The summed E-state index contributed by atoms with van der Waals surface area (Å²) in [7, 11) is 1.54. The van der Waals surface area contributed by atoms with Crippen molar-refractivity contribution in [1.29, 1.82) is 0 Å². The number of carbonyl (C=O) groups excluding carboxylic acids is 2. The topological polar surface area (TPSA) is 67.4 Å². The molecule has 2 rings (SSSR count). The van der Waals surface area contributed by atoms with Gasteiger partial charge in [-0.15, -0.1) is 0 Å². The molecule has 0 heterocycles. The third kappa shape index (κ3) is 5.12. The van der Waals surface area contributed by atoms with E-state index in [2.05, 4.69) is 10.6 Å². The van der Waals surface area contributed by atoms with E-state index in [1.165, 1.54) is 7.11 Å². The molecule has 0 aliphatic heterocycles. The number of amides is 2. The van der Waals surface area contributed by atoms with Crippen molar-refractivity contribution in [3.63, 3.8) is 0 Å². The van der Waals surface area contributed by atoms with Crippen molar-refractivity contribution in [2.24, 2.45) is 0 Å². The van der Waals surface area contributed by atoms with Gasteiger partial charge < -0.3 is 15.4 Å². The molecule has 5 nitrogen and oxygen atoms in total.